The van der Waals surface area contributed by atoms with Crippen molar-refractivity contribution in [3.63, 3.8) is 0 Å². The van der Waals surface area contributed by atoms with Crippen molar-refractivity contribution in [3.8, 4) is 0 Å². The summed E-state index contributed by atoms with van der Waals surface area (Å²) in [6.07, 6.45) is 1.07. The minimum Gasteiger partial charge on any atom is -0.324 e. The molecule has 0 heterocycles. The first-order valence-corrected chi connectivity index (χ1v) is 10.5. The monoisotopic (exact) mass is 394 g/mol. The molecule has 0 aliphatic carbocycles. The summed E-state index contributed by atoms with van der Waals surface area (Å²) < 4.78 is 25.6. The molecule has 0 aliphatic heterocycles. The van der Waals surface area contributed by atoms with Crippen LogP contribution in [0.25, 0.3) is 0 Å². The van der Waals surface area contributed by atoms with E-state index in [1.165, 1.54) is 0 Å². The molecule has 1 N–H and O–H groups in total. The van der Waals surface area contributed by atoms with Gasteiger partial charge in [0.2, 0.25) is 15.9 Å². The molecule has 0 spiro atoms. The van der Waals surface area contributed by atoms with Crippen molar-refractivity contribution in [1.29, 1.82) is 0 Å². The smallest absolute Gasteiger partial charge is 0.247 e. The molecular weight excluding hydrogens is 372 g/mol. The lowest BCUT2D eigenvalue weighted by atomic mass is 10.0. The molecule has 5 nitrogen and oxygen atoms in total. The minimum atomic E-state index is -3.66. The van der Waals surface area contributed by atoms with Gasteiger partial charge in [-0.25, -0.2) is 8.42 Å². The highest BCUT2D eigenvalue weighted by Gasteiger charge is 2.29. The van der Waals surface area contributed by atoms with Crippen LogP contribution < -0.4 is 9.62 Å². The van der Waals surface area contributed by atoms with Gasteiger partial charge in [0.1, 0.15) is 6.04 Å². The number of halogens is 1. The third-order valence-electron chi connectivity index (χ3n) is 4.01. The Balaban J connectivity index is 2.23. The Kier molecular flexibility index (Phi) is 6.31. The molecule has 0 unspecified atom stereocenters. The van der Waals surface area contributed by atoms with Gasteiger partial charge in [-0.05, 0) is 54.8 Å². The quantitative estimate of drug-likeness (QED) is 0.796. The summed E-state index contributed by atoms with van der Waals surface area (Å²) in [6.45, 7) is 5.73. The number of anilines is 2. The largest absolute Gasteiger partial charge is 0.324 e. The number of nitrogens with one attached hydrogen (secondary N) is 1. The van der Waals surface area contributed by atoms with Crippen molar-refractivity contribution in [1.82, 2.24) is 0 Å². The Bertz CT molecular complexity index is 863. The second-order valence-corrected chi connectivity index (χ2v) is 8.77. The maximum Gasteiger partial charge on any atom is 0.247 e. The highest BCUT2D eigenvalue weighted by molar-refractivity contribution is 7.92. The third-order valence-corrected chi connectivity index (χ3v) is 5.51. The normalized spacial score (nSPS) is 12.7. The number of carbonyl (C=O) groups is 1. The van der Waals surface area contributed by atoms with E-state index in [0.29, 0.717) is 22.3 Å². The van der Waals surface area contributed by atoms with Crippen molar-refractivity contribution in [3.05, 3.63) is 59.1 Å². The van der Waals surface area contributed by atoms with Crippen LogP contribution in [-0.4, -0.2) is 26.6 Å². The van der Waals surface area contributed by atoms with Gasteiger partial charge in [0.25, 0.3) is 0 Å². The Labute approximate surface area is 160 Å². The van der Waals surface area contributed by atoms with Crippen molar-refractivity contribution in [2.24, 2.45) is 0 Å². The molecule has 0 aromatic heterocycles. The van der Waals surface area contributed by atoms with Gasteiger partial charge in [-0.15, -0.1) is 0 Å². The standard InChI is InChI=1S/C19H23ClN2O3S/c1-13(2)15-5-9-17(10-6-15)21-19(23)14(3)22(26(4,24)25)18-11-7-16(20)8-12-18/h5-14H,1-4H3,(H,21,23)/t14-/m1/s1. The van der Waals surface area contributed by atoms with E-state index in [-0.39, 0.29) is 0 Å². The van der Waals surface area contributed by atoms with Gasteiger partial charge < -0.3 is 5.32 Å². The van der Waals surface area contributed by atoms with E-state index in [9.17, 15) is 13.2 Å². The maximum atomic E-state index is 12.6. The number of carbonyl (C=O) groups excluding carboxylic acids is 1. The van der Waals surface area contributed by atoms with Crippen LogP contribution in [0.3, 0.4) is 0 Å². The lowest BCUT2D eigenvalue weighted by Gasteiger charge is -2.28. The SMILES string of the molecule is CC(C)c1ccc(NC(=O)[C@@H](C)N(c2ccc(Cl)cc2)S(C)(=O)=O)cc1. The molecular formula is C19H23ClN2O3S. The molecule has 1 amide bonds. The van der Waals surface area contributed by atoms with Crippen LogP contribution in [0, 0.1) is 0 Å². The Morgan fingerprint density at radius 2 is 1.54 bits per heavy atom. The van der Waals surface area contributed by atoms with Crippen LogP contribution >= 0.6 is 11.6 Å². The molecule has 0 fully saturated rings. The number of amides is 1. The second kappa shape index (κ2) is 8.10. The van der Waals surface area contributed by atoms with E-state index in [1.807, 2.05) is 24.3 Å². The highest BCUT2D eigenvalue weighted by Crippen LogP contribution is 2.24. The third kappa shape index (κ3) is 4.99. The van der Waals surface area contributed by atoms with Crippen LogP contribution in [0.15, 0.2) is 48.5 Å². The fourth-order valence-electron chi connectivity index (χ4n) is 2.59. The summed E-state index contributed by atoms with van der Waals surface area (Å²) in [7, 11) is -3.66. The zero-order valence-corrected chi connectivity index (χ0v) is 16.8. The average Bonchev–Trinajstić information content (AvgIpc) is 2.56. The van der Waals surface area contributed by atoms with Crippen LogP contribution in [-0.2, 0) is 14.8 Å². The molecule has 7 heteroatoms. The first kappa shape index (κ1) is 20.3. The summed E-state index contributed by atoms with van der Waals surface area (Å²) in [5.74, 6) is -0.0213. The number of hydrogen-bond donors (Lipinski definition) is 1. The van der Waals surface area contributed by atoms with Gasteiger partial charge in [-0.2, -0.15) is 0 Å². The predicted octanol–water partition coefficient (Wildman–Crippen LogP) is 4.26. The summed E-state index contributed by atoms with van der Waals surface area (Å²) in [6, 6.07) is 12.9. The Morgan fingerprint density at radius 1 is 1.00 bits per heavy atom. The minimum absolute atomic E-state index is 0.384. The number of rotatable bonds is 6. The van der Waals surface area contributed by atoms with Gasteiger partial charge in [0.15, 0.2) is 0 Å². The van der Waals surface area contributed by atoms with Crippen LogP contribution in [0.4, 0.5) is 11.4 Å². The molecule has 1 atom stereocenters. The van der Waals surface area contributed by atoms with Gasteiger partial charge in [0.05, 0.1) is 11.9 Å². The Morgan fingerprint density at radius 3 is 2.00 bits per heavy atom. The van der Waals surface area contributed by atoms with E-state index in [2.05, 4.69) is 19.2 Å². The van der Waals surface area contributed by atoms with Crippen LogP contribution in [0.1, 0.15) is 32.3 Å². The number of hydrogen-bond acceptors (Lipinski definition) is 3. The summed E-state index contributed by atoms with van der Waals surface area (Å²) in [5.41, 5.74) is 2.17. The topological polar surface area (TPSA) is 66.5 Å². The van der Waals surface area contributed by atoms with E-state index in [1.54, 1.807) is 31.2 Å². The molecule has 140 valence electrons. The molecule has 2 rings (SSSR count). The summed E-state index contributed by atoms with van der Waals surface area (Å²) >= 11 is 5.87. The molecule has 0 saturated heterocycles. The van der Waals surface area contributed by atoms with Crippen LogP contribution in [0.2, 0.25) is 5.02 Å². The van der Waals surface area contributed by atoms with E-state index in [4.69, 9.17) is 11.6 Å². The number of benzene rings is 2. The average molecular weight is 395 g/mol. The lowest BCUT2D eigenvalue weighted by Crippen LogP contribution is -2.45. The van der Waals surface area contributed by atoms with Crippen molar-refractivity contribution >= 4 is 38.9 Å². The summed E-state index contributed by atoms with van der Waals surface area (Å²) in [5, 5.41) is 3.26. The van der Waals surface area contributed by atoms with Crippen LogP contribution in [0.5, 0.6) is 0 Å². The fourth-order valence-corrected chi connectivity index (χ4v) is 3.90. The molecule has 26 heavy (non-hydrogen) atoms. The van der Waals surface area contributed by atoms with Gasteiger partial charge in [0, 0.05) is 10.7 Å². The zero-order chi connectivity index (χ0) is 19.5. The fraction of sp³-hybridized carbons (Fsp3) is 0.316. The van der Waals surface area contributed by atoms with Crippen molar-refractivity contribution < 1.29 is 13.2 Å². The molecule has 2 aromatic rings. The van der Waals surface area contributed by atoms with Crippen molar-refractivity contribution in [2.45, 2.75) is 32.7 Å². The van der Waals surface area contributed by atoms with E-state index in [0.717, 1.165) is 16.1 Å². The van der Waals surface area contributed by atoms with Gasteiger partial charge >= 0.3 is 0 Å². The summed E-state index contributed by atoms with van der Waals surface area (Å²) in [4.78, 5) is 12.6. The van der Waals surface area contributed by atoms with Gasteiger partial charge in [-0.3, -0.25) is 9.10 Å². The lowest BCUT2D eigenvalue weighted by molar-refractivity contribution is -0.116. The van der Waals surface area contributed by atoms with E-state index >= 15 is 0 Å². The molecule has 0 bridgehead atoms. The first-order chi connectivity index (χ1) is 12.1. The molecule has 0 aliphatic rings. The number of sulfonamides is 1. The van der Waals surface area contributed by atoms with Gasteiger partial charge in [-0.1, -0.05) is 37.6 Å². The molecule has 0 saturated carbocycles. The zero-order valence-electron chi connectivity index (χ0n) is 15.2. The predicted molar refractivity (Wildman–Crippen MR) is 107 cm³/mol. The molecule has 2 aromatic carbocycles. The second-order valence-electron chi connectivity index (χ2n) is 6.48. The number of nitrogens with zero attached hydrogens (tertiary/aromatic N) is 1. The Hall–Kier alpha value is -2.05. The molecule has 0 radical (unpaired) electrons. The maximum absolute atomic E-state index is 12.6. The highest BCUT2D eigenvalue weighted by atomic mass is 35.5. The van der Waals surface area contributed by atoms with Crippen molar-refractivity contribution in [2.75, 3.05) is 15.9 Å². The first-order valence-electron chi connectivity index (χ1n) is 8.25. The van der Waals surface area contributed by atoms with E-state index < -0.39 is 22.0 Å².